The molecule has 1 aromatic heterocycles. The van der Waals surface area contributed by atoms with Crippen LogP contribution in [0.25, 0.3) is 28.2 Å². The van der Waals surface area contributed by atoms with Crippen molar-refractivity contribution in [2.45, 2.75) is 12.8 Å². The Bertz CT molecular complexity index is 1410. The van der Waals surface area contributed by atoms with Crippen LogP contribution in [-0.4, -0.2) is 4.57 Å². The molecule has 0 amide bonds. The van der Waals surface area contributed by atoms with E-state index in [-0.39, 0.29) is 24.8 Å². The Morgan fingerprint density at radius 3 is 2.58 bits per heavy atom. The maximum absolute atomic E-state index is 6.37. The van der Waals surface area contributed by atoms with Crippen LogP contribution in [0, 0.1) is 0 Å². The van der Waals surface area contributed by atoms with Crippen LogP contribution in [0.1, 0.15) is 22.3 Å². The van der Waals surface area contributed by atoms with E-state index in [2.05, 4.69) is 94.3 Å². The van der Waals surface area contributed by atoms with Crippen molar-refractivity contribution in [3.05, 3.63) is 87.4 Å². The number of hydrogen-bond acceptors (Lipinski definition) is 1. The molecule has 3 aromatic carbocycles. The van der Waals surface area contributed by atoms with E-state index in [4.69, 9.17) is 8.86 Å². The molecule has 31 heavy (non-hydrogen) atoms. The molecular formula is C25H18BrCl2NSZr. The van der Waals surface area contributed by atoms with Crippen molar-refractivity contribution in [3.8, 4) is 11.3 Å². The van der Waals surface area contributed by atoms with E-state index in [1.807, 2.05) is 0 Å². The average Bonchev–Trinajstić information content (AvgIpc) is 3.41. The van der Waals surface area contributed by atoms with Crippen LogP contribution in [0.4, 0.5) is 0 Å². The van der Waals surface area contributed by atoms with Gasteiger partial charge in [-0.05, 0) is 0 Å². The van der Waals surface area contributed by atoms with Gasteiger partial charge in [0.2, 0.25) is 0 Å². The van der Waals surface area contributed by atoms with Crippen molar-refractivity contribution < 1.29 is 44.5 Å². The summed E-state index contributed by atoms with van der Waals surface area (Å²) in [5.41, 5.74) is 9.80. The van der Waals surface area contributed by atoms with E-state index in [0.717, 1.165) is 17.3 Å². The number of aryl methyl sites for hydroxylation is 1. The van der Waals surface area contributed by atoms with Gasteiger partial charge in [-0.2, -0.15) is 0 Å². The summed E-state index contributed by atoms with van der Waals surface area (Å²) in [7, 11) is 8.58. The minimum Gasteiger partial charge on any atom is -1.00 e. The van der Waals surface area contributed by atoms with Crippen LogP contribution in [-0.2, 0) is 39.6 Å². The topological polar surface area (TPSA) is 4.93 Å². The molecule has 154 valence electrons. The summed E-state index contributed by atoms with van der Waals surface area (Å²) in [6.07, 6.45) is 6.61. The van der Waals surface area contributed by atoms with Crippen LogP contribution < -0.4 is 31.4 Å². The summed E-state index contributed by atoms with van der Waals surface area (Å²) in [6, 6.07) is 20.2. The third-order valence-electron chi connectivity index (χ3n) is 6.32. The van der Waals surface area contributed by atoms with Gasteiger partial charge in [0.15, 0.2) is 0 Å². The number of allylic oxidation sites excluding steroid dienone is 1. The molecule has 0 saturated heterocycles. The molecule has 2 aliphatic rings. The van der Waals surface area contributed by atoms with Crippen molar-refractivity contribution in [1.29, 1.82) is 0 Å². The first-order valence-corrected chi connectivity index (χ1v) is 16.5. The minimum atomic E-state index is -2.43. The summed E-state index contributed by atoms with van der Waals surface area (Å²) >= 11 is 1.21. The van der Waals surface area contributed by atoms with Crippen molar-refractivity contribution in [3.63, 3.8) is 0 Å². The zero-order chi connectivity index (χ0) is 19.7. The van der Waals surface area contributed by atoms with Gasteiger partial charge in [-0.3, -0.25) is 0 Å². The molecule has 6 heteroatoms. The van der Waals surface area contributed by atoms with Gasteiger partial charge in [0, 0.05) is 0 Å². The second-order valence-corrected chi connectivity index (χ2v) is 15.5. The molecule has 0 radical (unpaired) electrons. The Morgan fingerprint density at radius 2 is 1.74 bits per heavy atom. The second-order valence-electron chi connectivity index (χ2n) is 7.88. The summed E-state index contributed by atoms with van der Waals surface area (Å²) in [5, 5.41) is 1.43. The van der Waals surface area contributed by atoms with Crippen LogP contribution in [0.15, 0.2) is 65.1 Å². The third kappa shape index (κ3) is 3.50. The normalized spacial score (nSPS) is 12.4. The quantitative estimate of drug-likeness (QED) is 0.269. The molecule has 0 spiro atoms. The molecule has 1 heterocycles. The smallest absolute Gasteiger partial charge is 1.00 e. The number of halogens is 3. The van der Waals surface area contributed by atoms with Crippen molar-refractivity contribution in [1.82, 2.24) is 4.57 Å². The van der Waals surface area contributed by atoms with E-state index in [1.54, 1.807) is 0 Å². The van der Waals surface area contributed by atoms with Gasteiger partial charge in [-0.15, -0.1) is 0 Å². The van der Waals surface area contributed by atoms with Gasteiger partial charge in [0.25, 0.3) is 0 Å². The average molecular weight is 607 g/mol. The number of benzene rings is 3. The Morgan fingerprint density at radius 1 is 0.968 bits per heavy atom. The fourth-order valence-electron chi connectivity index (χ4n) is 5.05. The molecule has 6 rings (SSSR count). The molecule has 0 saturated carbocycles. The van der Waals surface area contributed by atoms with Crippen LogP contribution in [0.2, 0.25) is 0 Å². The molecule has 1 nitrogen and oxygen atoms in total. The standard InChI is InChI=1S/C16H11BrN.C9H7.2ClH.S.Zr/c1-18-15-5-3-2-4-13(15)14-9-10-8-11(17)6-7-12(10)16(14)18;1-2-5-9-7-3-6-8(9)4-1;;;;/h2-3,5-8H,9H2,1H3;1-4,7H,6H2;2*1H;;/q;;;;;+2/p-2. The van der Waals surface area contributed by atoms with Crippen LogP contribution in [0.5, 0.6) is 0 Å². The summed E-state index contributed by atoms with van der Waals surface area (Å²) in [6.45, 7) is 0. The molecule has 0 bridgehead atoms. The van der Waals surface area contributed by atoms with Crippen molar-refractivity contribution in [2.75, 3.05) is 0 Å². The SMILES string of the molecule is Cn1c2c(c3[c]([Zr+2](=[S])[c]4cccc5c4C=CC5)cccc31)Cc1cc(Br)ccc1-2.[Cl-].[Cl-]. The molecule has 0 aliphatic heterocycles. The van der Waals surface area contributed by atoms with Crippen LogP contribution in [0.3, 0.4) is 0 Å². The molecule has 2 aliphatic carbocycles. The summed E-state index contributed by atoms with van der Waals surface area (Å²) in [5.74, 6) is 0. The molecule has 0 N–H and O–H groups in total. The Labute approximate surface area is 214 Å². The largest absolute Gasteiger partial charge is 1.00 e. The number of aromatic nitrogens is 1. The third-order valence-corrected chi connectivity index (χ3v) is 13.9. The van der Waals surface area contributed by atoms with Gasteiger partial charge in [0.1, 0.15) is 0 Å². The second kappa shape index (κ2) is 8.80. The van der Waals surface area contributed by atoms with Gasteiger partial charge in [-0.25, -0.2) is 0 Å². The first-order valence-electron chi connectivity index (χ1n) is 9.85. The van der Waals surface area contributed by atoms with Gasteiger partial charge < -0.3 is 24.8 Å². The fraction of sp³-hybridized carbons (Fsp3) is 0.120. The Kier molecular flexibility index (Phi) is 6.61. The summed E-state index contributed by atoms with van der Waals surface area (Å²) < 4.78 is 6.45. The zero-order valence-electron chi connectivity index (χ0n) is 16.8. The molecule has 0 fully saturated rings. The van der Waals surface area contributed by atoms with E-state index in [0.29, 0.717) is 0 Å². The Hall–Kier alpha value is -0.897. The zero-order valence-corrected chi connectivity index (χ0v) is 23.1. The van der Waals surface area contributed by atoms with Gasteiger partial charge in [0.05, 0.1) is 0 Å². The van der Waals surface area contributed by atoms with E-state index < -0.39 is 19.7 Å². The minimum absolute atomic E-state index is 0. The summed E-state index contributed by atoms with van der Waals surface area (Å²) in [4.78, 5) is 0. The first kappa shape index (κ1) is 23.3. The predicted octanol–water partition coefficient (Wildman–Crippen LogP) is -0.229. The van der Waals surface area contributed by atoms with Gasteiger partial charge in [-0.1, -0.05) is 0 Å². The van der Waals surface area contributed by atoms with E-state index >= 15 is 0 Å². The van der Waals surface area contributed by atoms with Crippen molar-refractivity contribution in [2.24, 2.45) is 7.05 Å². The van der Waals surface area contributed by atoms with E-state index in [9.17, 15) is 0 Å². The van der Waals surface area contributed by atoms with E-state index in [1.165, 1.54) is 51.0 Å². The fourth-order valence-corrected chi connectivity index (χ4v) is 11.9. The molecule has 0 unspecified atom stereocenters. The van der Waals surface area contributed by atoms with Gasteiger partial charge >= 0.3 is 191 Å². The molecule has 4 aromatic rings. The number of hydrogen-bond donors (Lipinski definition) is 0. The number of nitrogens with zero attached hydrogens (tertiary/aromatic N) is 1. The monoisotopic (exact) mass is 603 g/mol. The number of fused-ring (bicyclic) bond motifs is 6. The van der Waals surface area contributed by atoms with Crippen LogP contribution >= 0.6 is 24.8 Å². The molecular weight excluding hydrogens is 588 g/mol. The molecule has 0 atom stereocenters. The predicted molar refractivity (Wildman–Crippen MR) is 125 cm³/mol. The first-order chi connectivity index (χ1) is 14.1. The maximum Gasteiger partial charge on any atom is -1.00 e. The number of rotatable bonds is 2. The van der Waals surface area contributed by atoms with Crippen molar-refractivity contribution >= 4 is 48.3 Å². The maximum atomic E-state index is 6.37. The Balaban J connectivity index is 0.00000116.